The Morgan fingerprint density at radius 1 is 0.964 bits per heavy atom. The molecule has 28 heavy (non-hydrogen) atoms. The largest absolute Gasteiger partial charge is 0.305 e. The zero-order valence-electron chi connectivity index (χ0n) is 15.5. The summed E-state index contributed by atoms with van der Waals surface area (Å²) < 4.78 is 0. The number of para-hydroxylation sites is 2. The quantitative estimate of drug-likeness (QED) is 0.508. The van der Waals surface area contributed by atoms with Gasteiger partial charge in [0.15, 0.2) is 0 Å². The first-order chi connectivity index (χ1) is 13.7. The fraction of sp³-hybridized carbons (Fsp3) is 0.125. The van der Waals surface area contributed by atoms with Crippen molar-refractivity contribution in [1.82, 2.24) is 9.97 Å². The number of anilines is 1. The van der Waals surface area contributed by atoms with Crippen LogP contribution in [-0.2, 0) is 6.42 Å². The van der Waals surface area contributed by atoms with E-state index in [0.29, 0.717) is 11.3 Å². The monoisotopic (exact) mass is 365 g/mol. The molecule has 0 N–H and O–H groups in total. The third-order valence-corrected chi connectivity index (χ3v) is 5.30. The molecule has 2 aromatic heterocycles. The lowest BCUT2D eigenvalue weighted by Crippen LogP contribution is -2.35. The molecule has 1 aliphatic rings. The Bertz CT molecular complexity index is 1190. The van der Waals surface area contributed by atoms with Gasteiger partial charge in [0.2, 0.25) is 0 Å². The lowest BCUT2D eigenvalue weighted by Gasteiger charge is -2.23. The number of hydrogen-bond acceptors (Lipinski definition) is 3. The van der Waals surface area contributed by atoms with E-state index in [2.05, 4.69) is 18.0 Å². The first-order valence-electron chi connectivity index (χ1n) is 9.45. The second-order valence-electron chi connectivity index (χ2n) is 7.14. The van der Waals surface area contributed by atoms with Gasteiger partial charge in [0, 0.05) is 23.3 Å². The lowest BCUT2D eigenvalue weighted by atomic mass is 10.0. The van der Waals surface area contributed by atoms with E-state index in [0.717, 1.165) is 28.7 Å². The fourth-order valence-electron chi connectivity index (χ4n) is 4.00. The van der Waals surface area contributed by atoms with Crippen LogP contribution >= 0.6 is 0 Å². The second-order valence-corrected chi connectivity index (χ2v) is 7.14. The van der Waals surface area contributed by atoms with Crippen LogP contribution in [0.4, 0.5) is 5.69 Å². The van der Waals surface area contributed by atoms with Crippen LogP contribution in [0.25, 0.3) is 22.3 Å². The van der Waals surface area contributed by atoms with E-state index >= 15 is 0 Å². The van der Waals surface area contributed by atoms with E-state index in [4.69, 9.17) is 4.98 Å². The Balaban J connectivity index is 1.69. The van der Waals surface area contributed by atoms with Crippen molar-refractivity contribution >= 4 is 22.5 Å². The molecule has 1 atom stereocenters. The Morgan fingerprint density at radius 3 is 2.61 bits per heavy atom. The van der Waals surface area contributed by atoms with E-state index in [1.165, 1.54) is 5.56 Å². The number of pyridine rings is 2. The summed E-state index contributed by atoms with van der Waals surface area (Å²) in [7, 11) is 0. The maximum absolute atomic E-state index is 13.7. The van der Waals surface area contributed by atoms with Crippen LogP contribution in [0.15, 0.2) is 79.0 Å². The summed E-state index contributed by atoms with van der Waals surface area (Å²) in [5.74, 6) is 0.00762. The third kappa shape index (κ3) is 2.65. The predicted molar refractivity (Wildman–Crippen MR) is 111 cm³/mol. The molecule has 2 aromatic carbocycles. The molecule has 4 nitrogen and oxygen atoms in total. The van der Waals surface area contributed by atoms with E-state index in [9.17, 15) is 4.79 Å². The van der Waals surface area contributed by atoms with Gasteiger partial charge in [-0.05, 0) is 49.2 Å². The van der Waals surface area contributed by atoms with Gasteiger partial charge in [0.25, 0.3) is 5.91 Å². The first-order valence-corrected chi connectivity index (χ1v) is 9.45. The molecule has 4 heteroatoms. The highest BCUT2D eigenvalue weighted by atomic mass is 16.2. The number of fused-ring (bicyclic) bond motifs is 2. The number of nitrogens with zero attached hydrogens (tertiary/aromatic N) is 3. The molecule has 0 saturated carbocycles. The number of carbonyl (C=O) groups excluding carboxylic acids is 1. The average Bonchev–Trinajstić information content (AvgIpc) is 3.08. The molecule has 1 unspecified atom stereocenters. The van der Waals surface area contributed by atoms with Crippen LogP contribution < -0.4 is 4.90 Å². The van der Waals surface area contributed by atoms with Crippen LogP contribution in [-0.4, -0.2) is 21.9 Å². The zero-order valence-corrected chi connectivity index (χ0v) is 15.5. The van der Waals surface area contributed by atoms with Crippen LogP contribution in [0.1, 0.15) is 22.8 Å². The second kappa shape index (κ2) is 6.57. The van der Waals surface area contributed by atoms with Crippen LogP contribution in [0.5, 0.6) is 0 Å². The van der Waals surface area contributed by atoms with Crippen LogP contribution in [0.2, 0.25) is 0 Å². The Morgan fingerprint density at radius 2 is 1.75 bits per heavy atom. The summed E-state index contributed by atoms with van der Waals surface area (Å²) in [4.78, 5) is 24.8. The zero-order chi connectivity index (χ0) is 19.1. The van der Waals surface area contributed by atoms with Crippen molar-refractivity contribution in [1.29, 1.82) is 0 Å². The molecule has 4 aromatic rings. The summed E-state index contributed by atoms with van der Waals surface area (Å²) in [6, 6.07) is 23.7. The van der Waals surface area contributed by atoms with Gasteiger partial charge in [0.1, 0.15) is 0 Å². The standard InChI is InChI=1S/C24H19N3O/c1-16-14-17-8-2-5-12-23(17)27(16)24(28)19-15-22(21-11-6-7-13-25-21)26-20-10-4-3-9-18(19)20/h2-13,15-16H,14H2,1H3. The van der Waals surface area contributed by atoms with E-state index in [-0.39, 0.29) is 11.9 Å². The summed E-state index contributed by atoms with van der Waals surface area (Å²) in [5, 5.41) is 0.865. The molecular formula is C24H19N3O. The van der Waals surface area contributed by atoms with E-state index in [1.54, 1.807) is 6.20 Å². The lowest BCUT2D eigenvalue weighted by molar-refractivity contribution is 0.0983. The molecule has 0 radical (unpaired) electrons. The Labute approximate surface area is 163 Å². The van der Waals surface area contributed by atoms with Crippen molar-refractivity contribution in [3.05, 3.63) is 90.1 Å². The summed E-state index contributed by atoms with van der Waals surface area (Å²) in [5.41, 5.74) is 5.15. The molecule has 0 fully saturated rings. The maximum Gasteiger partial charge on any atom is 0.259 e. The molecule has 1 aliphatic heterocycles. The van der Waals surface area contributed by atoms with Crippen molar-refractivity contribution in [2.75, 3.05) is 4.90 Å². The van der Waals surface area contributed by atoms with Crippen molar-refractivity contribution in [3.63, 3.8) is 0 Å². The molecule has 5 rings (SSSR count). The van der Waals surface area contributed by atoms with Gasteiger partial charge < -0.3 is 4.90 Å². The predicted octanol–water partition coefficient (Wildman–Crippen LogP) is 4.89. The molecule has 0 bridgehead atoms. The van der Waals surface area contributed by atoms with Gasteiger partial charge in [-0.25, -0.2) is 4.98 Å². The minimum Gasteiger partial charge on any atom is -0.305 e. The van der Waals surface area contributed by atoms with Gasteiger partial charge in [-0.15, -0.1) is 0 Å². The van der Waals surface area contributed by atoms with Gasteiger partial charge in [-0.2, -0.15) is 0 Å². The highest BCUT2D eigenvalue weighted by Gasteiger charge is 2.32. The maximum atomic E-state index is 13.7. The van der Waals surface area contributed by atoms with E-state index < -0.39 is 0 Å². The summed E-state index contributed by atoms with van der Waals surface area (Å²) in [6.07, 6.45) is 2.62. The topological polar surface area (TPSA) is 46.1 Å². The van der Waals surface area contributed by atoms with Crippen LogP contribution in [0, 0.1) is 0 Å². The number of rotatable bonds is 2. The minimum absolute atomic E-state index is 0.00762. The number of benzene rings is 2. The van der Waals surface area contributed by atoms with Gasteiger partial charge in [-0.3, -0.25) is 9.78 Å². The SMILES string of the molecule is CC1Cc2ccccc2N1C(=O)c1cc(-c2ccccn2)nc2ccccc12. The number of hydrogen-bond donors (Lipinski definition) is 0. The van der Waals surface area contributed by atoms with E-state index in [1.807, 2.05) is 71.6 Å². The smallest absolute Gasteiger partial charge is 0.259 e. The van der Waals surface area contributed by atoms with Crippen molar-refractivity contribution in [2.24, 2.45) is 0 Å². The highest BCUT2D eigenvalue weighted by molar-refractivity contribution is 6.15. The van der Waals surface area contributed by atoms with Crippen molar-refractivity contribution in [3.8, 4) is 11.4 Å². The summed E-state index contributed by atoms with van der Waals surface area (Å²) in [6.45, 7) is 2.10. The normalized spacial score (nSPS) is 15.6. The van der Waals surface area contributed by atoms with Crippen molar-refractivity contribution in [2.45, 2.75) is 19.4 Å². The Hall–Kier alpha value is -3.53. The number of carbonyl (C=O) groups is 1. The van der Waals surface area contributed by atoms with Crippen molar-refractivity contribution < 1.29 is 4.79 Å². The van der Waals surface area contributed by atoms with Gasteiger partial charge in [0.05, 0.1) is 22.5 Å². The highest BCUT2D eigenvalue weighted by Crippen LogP contribution is 2.34. The molecule has 1 amide bonds. The molecule has 136 valence electrons. The average molecular weight is 365 g/mol. The summed E-state index contributed by atoms with van der Waals surface area (Å²) >= 11 is 0. The molecule has 3 heterocycles. The fourth-order valence-corrected chi connectivity index (χ4v) is 4.00. The minimum atomic E-state index is 0.00762. The first kappa shape index (κ1) is 16.6. The molecule has 0 saturated heterocycles. The third-order valence-electron chi connectivity index (χ3n) is 5.30. The van der Waals surface area contributed by atoms with Gasteiger partial charge in [-0.1, -0.05) is 42.5 Å². The number of aromatic nitrogens is 2. The molecular weight excluding hydrogens is 346 g/mol. The van der Waals surface area contributed by atoms with Gasteiger partial charge >= 0.3 is 0 Å². The number of amides is 1. The van der Waals surface area contributed by atoms with Crippen LogP contribution in [0.3, 0.4) is 0 Å². The molecule has 0 spiro atoms. The Kier molecular flexibility index (Phi) is 3.90. The molecule has 0 aliphatic carbocycles.